The quantitative estimate of drug-likeness (QED) is 0.898. The zero-order valence-electron chi connectivity index (χ0n) is 12.9. The van der Waals surface area contributed by atoms with E-state index in [1.807, 2.05) is 25.1 Å². The summed E-state index contributed by atoms with van der Waals surface area (Å²) in [6.45, 7) is 4.99. The van der Waals surface area contributed by atoms with Gasteiger partial charge in [0.1, 0.15) is 0 Å². The maximum Gasteiger partial charge on any atom is 0.0426 e. The van der Waals surface area contributed by atoms with Crippen LogP contribution in [0.5, 0.6) is 0 Å². The minimum absolute atomic E-state index is 0.158. The molecular weight excluding hydrogens is 280 g/mol. The standard InChI is InChI=1S/C18H23ClN2/c1-13-7-8-18(16(9-13)10-14(2)20)21(3)12-15-5-4-6-17(19)11-15/h4-9,11,14H,10,12,20H2,1-3H3. The molecule has 0 amide bonds. The predicted octanol–water partition coefficient (Wildman–Crippen LogP) is 4.17. The minimum atomic E-state index is 0.158. The number of hydrogen-bond donors (Lipinski definition) is 1. The lowest BCUT2D eigenvalue weighted by Gasteiger charge is -2.24. The van der Waals surface area contributed by atoms with E-state index in [1.165, 1.54) is 22.4 Å². The maximum atomic E-state index is 6.06. The molecule has 2 aromatic rings. The van der Waals surface area contributed by atoms with Crippen molar-refractivity contribution in [1.82, 2.24) is 0 Å². The molecule has 3 heteroatoms. The average Bonchev–Trinajstić information content (AvgIpc) is 2.37. The number of nitrogens with two attached hydrogens (primary N) is 1. The monoisotopic (exact) mass is 302 g/mol. The SMILES string of the molecule is Cc1ccc(N(C)Cc2cccc(Cl)c2)c(CC(C)N)c1. The molecule has 0 bridgehead atoms. The smallest absolute Gasteiger partial charge is 0.0426 e. The Morgan fingerprint density at radius 2 is 1.95 bits per heavy atom. The van der Waals surface area contributed by atoms with Crippen molar-refractivity contribution in [3.63, 3.8) is 0 Å². The fourth-order valence-corrected chi connectivity index (χ4v) is 2.80. The maximum absolute atomic E-state index is 6.06. The van der Waals surface area contributed by atoms with E-state index in [-0.39, 0.29) is 6.04 Å². The molecule has 1 atom stereocenters. The van der Waals surface area contributed by atoms with Gasteiger partial charge < -0.3 is 10.6 Å². The Morgan fingerprint density at radius 3 is 2.62 bits per heavy atom. The van der Waals surface area contributed by atoms with Crippen LogP contribution in [0.1, 0.15) is 23.6 Å². The summed E-state index contributed by atoms with van der Waals surface area (Å²) >= 11 is 6.06. The van der Waals surface area contributed by atoms with Crippen LogP contribution in [0, 0.1) is 6.92 Å². The van der Waals surface area contributed by atoms with Crippen molar-refractivity contribution in [2.24, 2.45) is 5.73 Å². The van der Waals surface area contributed by atoms with Gasteiger partial charge in [-0.25, -0.2) is 0 Å². The normalized spacial score (nSPS) is 12.2. The van der Waals surface area contributed by atoms with Crippen molar-refractivity contribution in [1.29, 1.82) is 0 Å². The Labute approximate surface area is 132 Å². The zero-order valence-corrected chi connectivity index (χ0v) is 13.7. The first-order valence-corrected chi connectivity index (χ1v) is 7.64. The minimum Gasteiger partial charge on any atom is -0.370 e. The molecule has 0 aliphatic rings. The highest BCUT2D eigenvalue weighted by Crippen LogP contribution is 2.24. The van der Waals surface area contributed by atoms with Gasteiger partial charge in [0.25, 0.3) is 0 Å². The molecule has 2 N–H and O–H groups in total. The first kappa shape index (κ1) is 15.9. The average molecular weight is 303 g/mol. The van der Waals surface area contributed by atoms with Crippen molar-refractivity contribution in [3.8, 4) is 0 Å². The topological polar surface area (TPSA) is 29.3 Å². The molecule has 0 saturated carbocycles. The first-order valence-electron chi connectivity index (χ1n) is 7.26. The second kappa shape index (κ2) is 6.97. The molecule has 0 heterocycles. The lowest BCUT2D eigenvalue weighted by Crippen LogP contribution is -2.22. The molecule has 0 aliphatic heterocycles. The van der Waals surface area contributed by atoms with Gasteiger partial charge in [0.05, 0.1) is 0 Å². The molecule has 0 fully saturated rings. The number of halogens is 1. The zero-order chi connectivity index (χ0) is 15.4. The molecule has 2 rings (SSSR count). The Hall–Kier alpha value is -1.51. The van der Waals surface area contributed by atoms with E-state index < -0.39 is 0 Å². The van der Waals surface area contributed by atoms with Gasteiger partial charge in [0, 0.05) is 30.3 Å². The highest BCUT2D eigenvalue weighted by atomic mass is 35.5. The number of benzene rings is 2. The van der Waals surface area contributed by atoms with E-state index in [0.717, 1.165) is 18.0 Å². The van der Waals surface area contributed by atoms with Gasteiger partial charge in [0.2, 0.25) is 0 Å². The van der Waals surface area contributed by atoms with Crippen LogP contribution in [0.4, 0.5) is 5.69 Å². The van der Waals surface area contributed by atoms with Crippen LogP contribution in [-0.4, -0.2) is 13.1 Å². The molecule has 0 aromatic heterocycles. The molecule has 0 aliphatic carbocycles. The highest BCUT2D eigenvalue weighted by molar-refractivity contribution is 6.30. The summed E-state index contributed by atoms with van der Waals surface area (Å²) in [5.74, 6) is 0. The molecule has 21 heavy (non-hydrogen) atoms. The van der Waals surface area contributed by atoms with Crippen molar-refractivity contribution < 1.29 is 0 Å². The van der Waals surface area contributed by atoms with Gasteiger partial charge >= 0.3 is 0 Å². The highest BCUT2D eigenvalue weighted by Gasteiger charge is 2.10. The van der Waals surface area contributed by atoms with Crippen molar-refractivity contribution in [3.05, 3.63) is 64.2 Å². The van der Waals surface area contributed by atoms with Gasteiger partial charge in [-0.1, -0.05) is 41.4 Å². The van der Waals surface area contributed by atoms with Crippen LogP contribution >= 0.6 is 11.6 Å². The molecular formula is C18H23ClN2. The third-order valence-electron chi connectivity index (χ3n) is 3.50. The second-order valence-corrected chi connectivity index (χ2v) is 6.24. The molecule has 2 aromatic carbocycles. The fourth-order valence-electron chi connectivity index (χ4n) is 2.59. The Kier molecular flexibility index (Phi) is 5.27. The molecule has 0 spiro atoms. The van der Waals surface area contributed by atoms with E-state index in [9.17, 15) is 0 Å². The number of rotatable bonds is 5. The van der Waals surface area contributed by atoms with Crippen molar-refractivity contribution in [2.45, 2.75) is 32.9 Å². The molecule has 2 nitrogen and oxygen atoms in total. The number of anilines is 1. The van der Waals surface area contributed by atoms with Crippen molar-refractivity contribution >= 4 is 17.3 Å². The third kappa shape index (κ3) is 4.48. The summed E-state index contributed by atoms with van der Waals surface area (Å²) < 4.78 is 0. The van der Waals surface area contributed by atoms with Crippen LogP contribution < -0.4 is 10.6 Å². The van der Waals surface area contributed by atoms with Crippen molar-refractivity contribution in [2.75, 3.05) is 11.9 Å². The first-order chi connectivity index (χ1) is 9.95. The predicted molar refractivity (Wildman–Crippen MR) is 92.1 cm³/mol. The summed E-state index contributed by atoms with van der Waals surface area (Å²) in [6.07, 6.45) is 0.886. The van der Waals surface area contributed by atoms with Gasteiger partial charge in [0.15, 0.2) is 0 Å². The van der Waals surface area contributed by atoms with E-state index in [0.29, 0.717) is 0 Å². The van der Waals surface area contributed by atoms with Crippen LogP contribution in [0.25, 0.3) is 0 Å². The lowest BCUT2D eigenvalue weighted by atomic mass is 10.0. The van der Waals surface area contributed by atoms with Gasteiger partial charge in [-0.15, -0.1) is 0 Å². The number of aryl methyl sites for hydroxylation is 1. The Balaban J connectivity index is 2.23. The van der Waals surface area contributed by atoms with Crippen LogP contribution in [0.15, 0.2) is 42.5 Å². The fraction of sp³-hybridized carbons (Fsp3) is 0.333. The van der Waals surface area contributed by atoms with Crippen LogP contribution in [0.2, 0.25) is 5.02 Å². The summed E-state index contributed by atoms with van der Waals surface area (Å²) in [7, 11) is 2.11. The number of hydrogen-bond acceptors (Lipinski definition) is 2. The Bertz CT molecular complexity index is 608. The van der Waals surface area contributed by atoms with E-state index in [2.05, 4.69) is 43.1 Å². The summed E-state index contributed by atoms with van der Waals surface area (Å²) in [6, 6.07) is 14.7. The van der Waals surface area contributed by atoms with Gasteiger partial charge in [-0.2, -0.15) is 0 Å². The Morgan fingerprint density at radius 1 is 1.19 bits per heavy atom. The lowest BCUT2D eigenvalue weighted by molar-refractivity contribution is 0.733. The molecule has 0 radical (unpaired) electrons. The molecule has 0 saturated heterocycles. The third-order valence-corrected chi connectivity index (χ3v) is 3.73. The van der Waals surface area contributed by atoms with Gasteiger partial charge in [-0.05, 0) is 49.6 Å². The summed E-state index contributed by atoms with van der Waals surface area (Å²) in [5.41, 5.74) is 11.0. The van der Waals surface area contributed by atoms with E-state index in [1.54, 1.807) is 0 Å². The number of nitrogens with zero attached hydrogens (tertiary/aromatic N) is 1. The largest absolute Gasteiger partial charge is 0.370 e. The van der Waals surface area contributed by atoms with Gasteiger partial charge in [-0.3, -0.25) is 0 Å². The summed E-state index contributed by atoms with van der Waals surface area (Å²) in [4.78, 5) is 2.25. The summed E-state index contributed by atoms with van der Waals surface area (Å²) in [5, 5.41) is 0.778. The van der Waals surface area contributed by atoms with E-state index >= 15 is 0 Å². The van der Waals surface area contributed by atoms with E-state index in [4.69, 9.17) is 17.3 Å². The molecule has 112 valence electrons. The second-order valence-electron chi connectivity index (χ2n) is 5.80. The van der Waals surface area contributed by atoms with Crippen LogP contribution in [0.3, 0.4) is 0 Å². The van der Waals surface area contributed by atoms with Crippen LogP contribution in [-0.2, 0) is 13.0 Å². The molecule has 1 unspecified atom stereocenters.